The predicted octanol–water partition coefficient (Wildman–Crippen LogP) is 5.64. The van der Waals surface area contributed by atoms with E-state index in [-0.39, 0.29) is 11.8 Å². The van der Waals surface area contributed by atoms with Crippen LogP contribution in [-0.2, 0) is 6.54 Å². The molecule has 4 heteroatoms. The standard InChI is InChI=1S/C27H18N2O2/c30-26-22-16-15-21-20-13-7-8-14-23(20)28(17-18-9-3-1-4-10-18)25(21)24(22)27(31)29(26)19-11-5-2-6-12-19/h1-16H,17H2. The third kappa shape index (κ3) is 2.55. The summed E-state index contributed by atoms with van der Waals surface area (Å²) in [5, 5.41) is 2.07. The molecule has 4 nitrogen and oxygen atoms in total. The van der Waals surface area contributed by atoms with Gasteiger partial charge in [-0.15, -0.1) is 0 Å². The van der Waals surface area contributed by atoms with Crippen LogP contribution in [0.4, 0.5) is 5.69 Å². The molecule has 1 aliphatic rings. The Hall–Kier alpha value is -4.18. The monoisotopic (exact) mass is 402 g/mol. The Morgan fingerprint density at radius 1 is 0.613 bits per heavy atom. The van der Waals surface area contributed by atoms with Gasteiger partial charge in [0, 0.05) is 22.8 Å². The van der Waals surface area contributed by atoms with Crippen molar-refractivity contribution >= 4 is 39.3 Å². The molecule has 31 heavy (non-hydrogen) atoms. The van der Waals surface area contributed by atoms with Crippen molar-refractivity contribution in [3.63, 3.8) is 0 Å². The Morgan fingerprint density at radius 2 is 1.29 bits per heavy atom. The first-order valence-corrected chi connectivity index (χ1v) is 10.3. The smallest absolute Gasteiger partial charge is 0.268 e. The van der Waals surface area contributed by atoms with E-state index in [0.29, 0.717) is 23.4 Å². The fraction of sp³-hybridized carbons (Fsp3) is 0.0370. The average molecular weight is 402 g/mol. The minimum atomic E-state index is -0.274. The normalized spacial score (nSPS) is 13.4. The van der Waals surface area contributed by atoms with E-state index in [9.17, 15) is 9.59 Å². The maximum absolute atomic E-state index is 13.6. The predicted molar refractivity (Wildman–Crippen MR) is 123 cm³/mol. The third-order valence-electron chi connectivity index (χ3n) is 5.98. The van der Waals surface area contributed by atoms with Gasteiger partial charge in [0.1, 0.15) is 0 Å². The van der Waals surface area contributed by atoms with Gasteiger partial charge in [-0.05, 0) is 29.8 Å². The van der Waals surface area contributed by atoms with Crippen molar-refractivity contribution in [1.82, 2.24) is 4.57 Å². The molecule has 4 aromatic carbocycles. The second-order valence-corrected chi connectivity index (χ2v) is 7.75. The number of benzene rings is 4. The molecular formula is C27H18N2O2. The van der Waals surface area contributed by atoms with Crippen molar-refractivity contribution in [1.29, 1.82) is 0 Å². The largest absolute Gasteiger partial charge is 0.335 e. The Kier molecular flexibility index (Phi) is 3.80. The highest BCUT2D eigenvalue weighted by atomic mass is 16.2. The summed E-state index contributed by atoms with van der Waals surface area (Å²) in [5.74, 6) is -0.543. The van der Waals surface area contributed by atoms with Crippen LogP contribution in [0.3, 0.4) is 0 Å². The Labute approximate surface area is 178 Å². The van der Waals surface area contributed by atoms with Crippen molar-refractivity contribution in [2.75, 3.05) is 4.90 Å². The number of amides is 2. The SMILES string of the molecule is O=C1c2ccc3c4ccccc4n(Cc4ccccc4)c3c2C(=O)N1c1ccccc1. The molecule has 0 radical (unpaired) electrons. The van der Waals surface area contributed by atoms with Crippen LogP contribution in [0.2, 0.25) is 0 Å². The molecule has 0 saturated carbocycles. The van der Waals surface area contributed by atoms with Crippen molar-refractivity contribution in [3.05, 3.63) is 114 Å². The molecule has 0 unspecified atom stereocenters. The Bertz CT molecular complexity index is 1480. The molecule has 148 valence electrons. The fourth-order valence-electron chi connectivity index (χ4n) is 4.61. The minimum absolute atomic E-state index is 0.270. The summed E-state index contributed by atoms with van der Waals surface area (Å²) in [5.41, 5.74) is 4.54. The van der Waals surface area contributed by atoms with Crippen LogP contribution in [0.25, 0.3) is 21.8 Å². The molecule has 0 bridgehead atoms. The second-order valence-electron chi connectivity index (χ2n) is 7.75. The van der Waals surface area contributed by atoms with Gasteiger partial charge in [0.2, 0.25) is 0 Å². The van der Waals surface area contributed by atoms with Crippen molar-refractivity contribution < 1.29 is 9.59 Å². The first kappa shape index (κ1) is 17.7. The highest BCUT2D eigenvalue weighted by Crippen LogP contribution is 2.38. The average Bonchev–Trinajstić information content (AvgIpc) is 3.27. The quantitative estimate of drug-likeness (QED) is 0.366. The van der Waals surface area contributed by atoms with Crippen LogP contribution < -0.4 is 4.90 Å². The van der Waals surface area contributed by atoms with Crippen molar-refractivity contribution in [2.24, 2.45) is 0 Å². The van der Waals surface area contributed by atoms with Crippen LogP contribution >= 0.6 is 0 Å². The summed E-state index contributed by atoms with van der Waals surface area (Å²) in [7, 11) is 0. The zero-order valence-corrected chi connectivity index (χ0v) is 16.7. The molecule has 0 aliphatic carbocycles. The number of fused-ring (bicyclic) bond motifs is 5. The van der Waals surface area contributed by atoms with Crippen LogP contribution in [0.15, 0.2) is 97.1 Å². The number of hydrogen-bond acceptors (Lipinski definition) is 2. The van der Waals surface area contributed by atoms with Crippen LogP contribution in [0.5, 0.6) is 0 Å². The molecular weight excluding hydrogens is 384 g/mol. The molecule has 2 heterocycles. The van der Waals surface area contributed by atoms with Gasteiger partial charge in [-0.3, -0.25) is 9.59 Å². The number of imide groups is 1. The minimum Gasteiger partial charge on any atom is -0.335 e. The van der Waals surface area contributed by atoms with E-state index in [1.165, 1.54) is 4.90 Å². The van der Waals surface area contributed by atoms with E-state index >= 15 is 0 Å². The van der Waals surface area contributed by atoms with Gasteiger partial charge in [-0.25, -0.2) is 4.90 Å². The van der Waals surface area contributed by atoms with E-state index in [1.54, 1.807) is 18.2 Å². The van der Waals surface area contributed by atoms with Crippen LogP contribution in [0, 0.1) is 0 Å². The van der Waals surface area contributed by atoms with Crippen LogP contribution in [0.1, 0.15) is 26.3 Å². The molecule has 0 spiro atoms. The van der Waals surface area contributed by atoms with Gasteiger partial charge in [0.15, 0.2) is 0 Å². The first-order valence-electron chi connectivity index (χ1n) is 10.3. The molecule has 0 fully saturated rings. The van der Waals surface area contributed by atoms with Gasteiger partial charge < -0.3 is 4.57 Å². The lowest BCUT2D eigenvalue weighted by molar-refractivity contribution is 0.0926. The fourth-order valence-corrected chi connectivity index (χ4v) is 4.61. The Balaban J connectivity index is 1.65. The van der Waals surface area contributed by atoms with Crippen molar-refractivity contribution in [2.45, 2.75) is 6.54 Å². The molecule has 2 amide bonds. The van der Waals surface area contributed by atoms with Gasteiger partial charge >= 0.3 is 0 Å². The van der Waals surface area contributed by atoms with Gasteiger partial charge in [0.25, 0.3) is 11.8 Å². The lowest BCUT2D eigenvalue weighted by atomic mass is 10.0. The number of rotatable bonds is 3. The third-order valence-corrected chi connectivity index (χ3v) is 5.98. The number of carbonyl (C=O) groups excluding carboxylic acids is 2. The number of nitrogens with zero attached hydrogens (tertiary/aromatic N) is 2. The number of hydrogen-bond donors (Lipinski definition) is 0. The van der Waals surface area contributed by atoms with E-state index in [2.05, 4.69) is 28.8 Å². The summed E-state index contributed by atoms with van der Waals surface area (Å²) in [6.45, 7) is 0.619. The van der Waals surface area contributed by atoms with E-state index in [4.69, 9.17) is 0 Å². The maximum atomic E-state index is 13.6. The van der Waals surface area contributed by atoms with E-state index in [0.717, 1.165) is 27.4 Å². The highest BCUT2D eigenvalue weighted by Gasteiger charge is 2.39. The topological polar surface area (TPSA) is 42.3 Å². The molecule has 0 saturated heterocycles. The van der Waals surface area contributed by atoms with Crippen molar-refractivity contribution in [3.8, 4) is 0 Å². The number of carbonyl (C=O) groups is 2. The lowest BCUT2D eigenvalue weighted by Gasteiger charge is -2.13. The molecule has 0 atom stereocenters. The van der Waals surface area contributed by atoms with Gasteiger partial charge in [0.05, 0.1) is 22.3 Å². The number of aromatic nitrogens is 1. The lowest BCUT2D eigenvalue weighted by Crippen LogP contribution is -2.29. The van der Waals surface area contributed by atoms with Crippen LogP contribution in [-0.4, -0.2) is 16.4 Å². The summed E-state index contributed by atoms with van der Waals surface area (Å²) in [6, 6.07) is 31.2. The molecule has 1 aliphatic heterocycles. The summed E-state index contributed by atoms with van der Waals surface area (Å²) in [6.07, 6.45) is 0. The summed E-state index contributed by atoms with van der Waals surface area (Å²) >= 11 is 0. The van der Waals surface area contributed by atoms with Gasteiger partial charge in [-0.2, -0.15) is 0 Å². The molecule has 0 N–H and O–H groups in total. The second kappa shape index (κ2) is 6.67. The molecule has 6 rings (SSSR count). The first-order chi connectivity index (χ1) is 15.2. The van der Waals surface area contributed by atoms with E-state index in [1.807, 2.05) is 54.6 Å². The number of para-hydroxylation sites is 2. The van der Waals surface area contributed by atoms with E-state index < -0.39 is 0 Å². The zero-order chi connectivity index (χ0) is 20.9. The Morgan fingerprint density at radius 3 is 2.06 bits per heavy atom. The summed E-state index contributed by atoms with van der Waals surface area (Å²) in [4.78, 5) is 28.1. The highest BCUT2D eigenvalue weighted by molar-refractivity contribution is 6.38. The summed E-state index contributed by atoms with van der Waals surface area (Å²) < 4.78 is 2.17. The van der Waals surface area contributed by atoms with Gasteiger partial charge in [-0.1, -0.05) is 72.8 Å². The maximum Gasteiger partial charge on any atom is 0.268 e. The zero-order valence-electron chi connectivity index (χ0n) is 16.7. The number of anilines is 1. The molecule has 1 aromatic heterocycles. The molecule has 5 aromatic rings.